The third-order valence-corrected chi connectivity index (χ3v) is 5.80. The Balaban J connectivity index is 1.88. The summed E-state index contributed by atoms with van der Waals surface area (Å²) in [5.41, 5.74) is 8.52. The van der Waals surface area contributed by atoms with Crippen LogP contribution in [0.25, 0.3) is 21.3 Å². The van der Waals surface area contributed by atoms with E-state index in [0.29, 0.717) is 0 Å². The van der Waals surface area contributed by atoms with E-state index in [4.69, 9.17) is 0 Å². The highest BCUT2D eigenvalue weighted by molar-refractivity contribution is 7.17. The van der Waals surface area contributed by atoms with Gasteiger partial charge in [-0.05, 0) is 55.5 Å². The van der Waals surface area contributed by atoms with Crippen molar-refractivity contribution >= 4 is 33.1 Å². The van der Waals surface area contributed by atoms with Crippen molar-refractivity contribution in [3.8, 4) is 11.1 Å². The third kappa shape index (κ3) is 2.86. The Morgan fingerprint density at radius 2 is 1.62 bits per heavy atom. The van der Waals surface area contributed by atoms with Crippen LogP contribution in [0.15, 0.2) is 48.1 Å². The standard InChI is InChI=1S/C22H21N3S/c1-13-8-9-17(10-16(13)4)18-11-26-22-19(18)21(23-12-24-22)25-20-14(2)6-5-7-15(20)3/h5-12H,1-4H3,(H,23,24,25). The number of fused-ring (bicyclic) bond motifs is 1. The lowest BCUT2D eigenvalue weighted by Crippen LogP contribution is -1.99. The molecule has 0 saturated heterocycles. The van der Waals surface area contributed by atoms with Crippen LogP contribution in [0.4, 0.5) is 11.5 Å². The molecule has 2 aromatic carbocycles. The molecule has 0 amide bonds. The predicted molar refractivity (Wildman–Crippen MR) is 112 cm³/mol. The van der Waals surface area contributed by atoms with Gasteiger partial charge in [-0.1, -0.05) is 36.4 Å². The summed E-state index contributed by atoms with van der Waals surface area (Å²) >= 11 is 1.66. The first kappa shape index (κ1) is 16.7. The predicted octanol–water partition coefficient (Wildman–Crippen LogP) is 6.34. The van der Waals surface area contributed by atoms with Crippen LogP contribution in [0.5, 0.6) is 0 Å². The average molecular weight is 359 g/mol. The van der Waals surface area contributed by atoms with Crippen molar-refractivity contribution in [2.24, 2.45) is 0 Å². The Labute approximate surface area is 157 Å². The summed E-state index contributed by atoms with van der Waals surface area (Å²) in [4.78, 5) is 10.1. The number of rotatable bonds is 3. The van der Waals surface area contributed by atoms with Gasteiger partial charge in [0.25, 0.3) is 0 Å². The number of para-hydroxylation sites is 1. The molecular formula is C22H21N3S. The number of hydrogen-bond donors (Lipinski definition) is 1. The molecule has 0 radical (unpaired) electrons. The number of benzene rings is 2. The summed E-state index contributed by atoms with van der Waals surface area (Å²) in [5, 5.41) is 6.83. The molecule has 26 heavy (non-hydrogen) atoms. The van der Waals surface area contributed by atoms with E-state index in [0.717, 1.165) is 21.7 Å². The fourth-order valence-electron chi connectivity index (χ4n) is 3.22. The minimum Gasteiger partial charge on any atom is -0.339 e. The number of anilines is 2. The Kier molecular flexibility index (Phi) is 4.21. The van der Waals surface area contributed by atoms with Crippen LogP contribution in [-0.2, 0) is 0 Å². The molecule has 0 fully saturated rings. The third-order valence-electron chi connectivity index (χ3n) is 4.91. The quantitative estimate of drug-likeness (QED) is 0.464. The Morgan fingerprint density at radius 1 is 0.846 bits per heavy atom. The van der Waals surface area contributed by atoms with E-state index < -0.39 is 0 Å². The van der Waals surface area contributed by atoms with Crippen LogP contribution in [0.1, 0.15) is 22.3 Å². The van der Waals surface area contributed by atoms with Gasteiger partial charge in [0.2, 0.25) is 0 Å². The fourth-order valence-corrected chi connectivity index (χ4v) is 4.14. The van der Waals surface area contributed by atoms with Crippen molar-refractivity contribution < 1.29 is 0 Å². The number of thiophene rings is 1. The molecule has 4 heteroatoms. The number of nitrogens with zero attached hydrogens (tertiary/aromatic N) is 2. The SMILES string of the molecule is Cc1ccc(-c2csc3ncnc(Nc4c(C)cccc4C)c23)cc1C. The summed E-state index contributed by atoms with van der Waals surface area (Å²) in [6, 6.07) is 12.9. The second-order valence-electron chi connectivity index (χ2n) is 6.74. The Morgan fingerprint density at radius 3 is 2.35 bits per heavy atom. The van der Waals surface area contributed by atoms with E-state index in [2.05, 4.69) is 84.8 Å². The molecule has 0 spiro atoms. The highest BCUT2D eigenvalue weighted by Crippen LogP contribution is 2.38. The monoisotopic (exact) mass is 359 g/mol. The van der Waals surface area contributed by atoms with Crippen molar-refractivity contribution in [1.82, 2.24) is 9.97 Å². The molecule has 2 aromatic heterocycles. The minimum atomic E-state index is 0.863. The average Bonchev–Trinajstić information content (AvgIpc) is 3.06. The van der Waals surface area contributed by atoms with Gasteiger partial charge in [-0.25, -0.2) is 9.97 Å². The zero-order valence-electron chi connectivity index (χ0n) is 15.4. The summed E-state index contributed by atoms with van der Waals surface area (Å²) in [6.07, 6.45) is 1.64. The van der Waals surface area contributed by atoms with Crippen molar-refractivity contribution in [3.63, 3.8) is 0 Å². The van der Waals surface area contributed by atoms with E-state index in [1.165, 1.54) is 33.4 Å². The molecule has 0 bridgehead atoms. The van der Waals surface area contributed by atoms with E-state index in [1.54, 1.807) is 17.7 Å². The second kappa shape index (κ2) is 6.54. The number of hydrogen-bond acceptors (Lipinski definition) is 4. The van der Waals surface area contributed by atoms with Crippen LogP contribution in [0.3, 0.4) is 0 Å². The van der Waals surface area contributed by atoms with Crippen LogP contribution < -0.4 is 5.32 Å². The fraction of sp³-hybridized carbons (Fsp3) is 0.182. The molecule has 4 aromatic rings. The molecule has 0 atom stereocenters. The van der Waals surface area contributed by atoms with Gasteiger partial charge >= 0.3 is 0 Å². The highest BCUT2D eigenvalue weighted by atomic mass is 32.1. The largest absolute Gasteiger partial charge is 0.339 e. The zero-order chi connectivity index (χ0) is 18.3. The minimum absolute atomic E-state index is 0.863. The molecule has 4 rings (SSSR count). The van der Waals surface area contributed by atoms with Crippen molar-refractivity contribution in [1.29, 1.82) is 0 Å². The summed E-state index contributed by atoms with van der Waals surface area (Å²) in [6.45, 7) is 8.53. The molecule has 130 valence electrons. The first-order valence-electron chi connectivity index (χ1n) is 8.67. The highest BCUT2D eigenvalue weighted by Gasteiger charge is 2.15. The molecule has 0 aliphatic carbocycles. The number of aromatic nitrogens is 2. The lowest BCUT2D eigenvalue weighted by molar-refractivity contribution is 1.22. The zero-order valence-corrected chi connectivity index (χ0v) is 16.2. The smallest absolute Gasteiger partial charge is 0.143 e. The molecule has 1 N–H and O–H groups in total. The summed E-state index contributed by atoms with van der Waals surface area (Å²) < 4.78 is 0. The molecule has 3 nitrogen and oxygen atoms in total. The van der Waals surface area contributed by atoms with E-state index in [-0.39, 0.29) is 0 Å². The maximum atomic E-state index is 4.57. The van der Waals surface area contributed by atoms with Gasteiger partial charge in [-0.3, -0.25) is 0 Å². The normalized spacial score (nSPS) is 11.1. The van der Waals surface area contributed by atoms with Crippen molar-refractivity contribution in [2.45, 2.75) is 27.7 Å². The molecule has 0 aliphatic heterocycles. The van der Waals surface area contributed by atoms with E-state index in [1.807, 2.05) is 0 Å². The van der Waals surface area contributed by atoms with Gasteiger partial charge in [0.05, 0.1) is 5.39 Å². The molecule has 0 saturated carbocycles. The van der Waals surface area contributed by atoms with Crippen LogP contribution in [0.2, 0.25) is 0 Å². The lowest BCUT2D eigenvalue weighted by Gasteiger charge is -2.13. The van der Waals surface area contributed by atoms with E-state index >= 15 is 0 Å². The summed E-state index contributed by atoms with van der Waals surface area (Å²) in [7, 11) is 0. The first-order chi connectivity index (χ1) is 12.5. The first-order valence-corrected chi connectivity index (χ1v) is 9.55. The molecule has 0 unspecified atom stereocenters. The van der Waals surface area contributed by atoms with Crippen molar-refractivity contribution in [2.75, 3.05) is 5.32 Å². The van der Waals surface area contributed by atoms with Gasteiger partial charge in [-0.15, -0.1) is 11.3 Å². The Bertz CT molecular complexity index is 1090. The van der Waals surface area contributed by atoms with E-state index in [9.17, 15) is 0 Å². The summed E-state index contributed by atoms with van der Waals surface area (Å²) in [5.74, 6) is 0.863. The van der Waals surface area contributed by atoms with Crippen molar-refractivity contribution in [3.05, 3.63) is 70.4 Å². The van der Waals surface area contributed by atoms with Gasteiger partial charge in [0.15, 0.2) is 0 Å². The number of aryl methyl sites for hydroxylation is 4. The van der Waals surface area contributed by atoms with Crippen LogP contribution in [0, 0.1) is 27.7 Å². The van der Waals surface area contributed by atoms with Gasteiger partial charge in [0, 0.05) is 16.6 Å². The van der Waals surface area contributed by atoms with Gasteiger partial charge < -0.3 is 5.32 Å². The molecule has 0 aliphatic rings. The topological polar surface area (TPSA) is 37.8 Å². The number of nitrogens with one attached hydrogen (secondary N) is 1. The molecular weight excluding hydrogens is 338 g/mol. The maximum Gasteiger partial charge on any atom is 0.143 e. The van der Waals surface area contributed by atoms with Gasteiger partial charge in [-0.2, -0.15) is 0 Å². The van der Waals surface area contributed by atoms with Gasteiger partial charge in [0.1, 0.15) is 17.0 Å². The maximum absolute atomic E-state index is 4.57. The second-order valence-corrected chi connectivity index (χ2v) is 7.60. The molecule has 2 heterocycles. The van der Waals surface area contributed by atoms with Crippen LogP contribution >= 0.6 is 11.3 Å². The van der Waals surface area contributed by atoms with Crippen LogP contribution in [-0.4, -0.2) is 9.97 Å². The lowest BCUT2D eigenvalue weighted by atomic mass is 10.0. The Hall–Kier alpha value is -2.72.